The van der Waals surface area contributed by atoms with E-state index in [2.05, 4.69) is 22.0 Å². The second-order valence-corrected chi connectivity index (χ2v) is 6.84. The predicted molar refractivity (Wildman–Crippen MR) is 102 cm³/mol. The normalized spacial score (nSPS) is 17.4. The minimum Gasteiger partial charge on any atom is -0.355 e. The van der Waals surface area contributed by atoms with Crippen molar-refractivity contribution in [1.82, 2.24) is 9.88 Å². The number of carbonyl (C=O) groups excluding carboxylic acids is 1. The van der Waals surface area contributed by atoms with Gasteiger partial charge in [0.1, 0.15) is 5.82 Å². The summed E-state index contributed by atoms with van der Waals surface area (Å²) < 4.78 is 0. The Bertz CT molecular complexity index is 707. The first-order chi connectivity index (χ1) is 12.2. The number of hydrogen-bond donors (Lipinski definition) is 0. The summed E-state index contributed by atoms with van der Waals surface area (Å²) in [7, 11) is 0. The van der Waals surface area contributed by atoms with Crippen molar-refractivity contribution in [3.63, 3.8) is 0 Å². The number of anilines is 1. The average Bonchev–Trinajstić information content (AvgIpc) is 2.67. The Labute approximate surface area is 154 Å². The van der Waals surface area contributed by atoms with Crippen molar-refractivity contribution in [3.8, 4) is 0 Å². The number of benzene rings is 1. The number of halogens is 1. The molecule has 1 amide bonds. The van der Waals surface area contributed by atoms with Gasteiger partial charge in [-0.25, -0.2) is 4.98 Å². The zero-order valence-corrected chi connectivity index (χ0v) is 15.3. The van der Waals surface area contributed by atoms with Crippen LogP contribution in [0.25, 0.3) is 0 Å². The second-order valence-electron chi connectivity index (χ2n) is 6.43. The first-order valence-electron chi connectivity index (χ1n) is 8.87. The van der Waals surface area contributed by atoms with Crippen LogP contribution in [0.5, 0.6) is 0 Å². The number of hydrogen-bond acceptors (Lipinski definition) is 3. The molecule has 1 aliphatic rings. The molecule has 1 aliphatic heterocycles. The maximum absolute atomic E-state index is 13.0. The van der Waals surface area contributed by atoms with Crippen molar-refractivity contribution in [2.45, 2.75) is 26.3 Å². The highest BCUT2D eigenvalue weighted by Gasteiger charge is 2.30. The monoisotopic (exact) mass is 357 g/mol. The predicted octanol–water partition coefficient (Wildman–Crippen LogP) is 4.00. The molecule has 5 heteroatoms. The second kappa shape index (κ2) is 8.34. The van der Waals surface area contributed by atoms with E-state index in [4.69, 9.17) is 11.6 Å². The van der Waals surface area contributed by atoms with Crippen LogP contribution in [0.4, 0.5) is 5.82 Å². The van der Waals surface area contributed by atoms with E-state index >= 15 is 0 Å². The van der Waals surface area contributed by atoms with Gasteiger partial charge < -0.3 is 9.80 Å². The fourth-order valence-corrected chi connectivity index (χ4v) is 3.63. The molecule has 2 heterocycles. The SMILES string of the molecule is CCN(Cc1ccccc1)C(=O)[C@H]1CCCN(c2ncccc2Cl)C1. The van der Waals surface area contributed by atoms with E-state index in [9.17, 15) is 4.79 Å². The molecule has 132 valence electrons. The first-order valence-corrected chi connectivity index (χ1v) is 9.25. The van der Waals surface area contributed by atoms with E-state index < -0.39 is 0 Å². The van der Waals surface area contributed by atoms with Crippen LogP contribution in [0, 0.1) is 5.92 Å². The quantitative estimate of drug-likeness (QED) is 0.811. The Hall–Kier alpha value is -2.07. The lowest BCUT2D eigenvalue weighted by Crippen LogP contribution is -2.45. The van der Waals surface area contributed by atoms with Crippen LogP contribution in [0.2, 0.25) is 5.02 Å². The Balaban J connectivity index is 1.69. The van der Waals surface area contributed by atoms with E-state index in [0.29, 0.717) is 24.7 Å². The van der Waals surface area contributed by atoms with Crippen LogP contribution < -0.4 is 4.90 Å². The number of aromatic nitrogens is 1. The van der Waals surface area contributed by atoms with Gasteiger partial charge in [0.2, 0.25) is 5.91 Å². The lowest BCUT2D eigenvalue weighted by atomic mass is 9.96. The van der Waals surface area contributed by atoms with Crippen LogP contribution in [0.3, 0.4) is 0 Å². The molecule has 0 radical (unpaired) electrons. The van der Waals surface area contributed by atoms with Crippen molar-refractivity contribution in [2.75, 3.05) is 24.5 Å². The van der Waals surface area contributed by atoms with E-state index in [1.165, 1.54) is 0 Å². The van der Waals surface area contributed by atoms with Crippen molar-refractivity contribution >= 4 is 23.3 Å². The number of carbonyl (C=O) groups is 1. The highest BCUT2D eigenvalue weighted by Crippen LogP contribution is 2.28. The summed E-state index contributed by atoms with van der Waals surface area (Å²) in [5.41, 5.74) is 1.16. The van der Waals surface area contributed by atoms with Gasteiger partial charge in [-0.05, 0) is 37.5 Å². The Morgan fingerprint density at radius 1 is 1.28 bits per heavy atom. The smallest absolute Gasteiger partial charge is 0.227 e. The van der Waals surface area contributed by atoms with Gasteiger partial charge in [-0.2, -0.15) is 0 Å². The molecule has 4 nitrogen and oxygen atoms in total. The molecule has 0 saturated carbocycles. The van der Waals surface area contributed by atoms with Crippen LogP contribution in [0.1, 0.15) is 25.3 Å². The minimum absolute atomic E-state index is 0.00418. The van der Waals surface area contributed by atoms with Gasteiger partial charge in [-0.3, -0.25) is 4.79 Å². The molecule has 1 aromatic heterocycles. The van der Waals surface area contributed by atoms with E-state index in [1.807, 2.05) is 42.2 Å². The van der Waals surface area contributed by atoms with Crippen LogP contribution >= 0.6 is 11.6 Å². The third-order valence-corrected chi connectivity index (χ3v) is 5.01. The summed E-state index contributed by atoms with van der Waals surface area (Å²) in [6.45, 7) is 4.99. The number of amides is 1. The maximum Gasteiger partial charge on any atom is 0.227 e. The summed E-state index contributed by atoms with van der Waals surface area (Å²) >= 11 is 6.28. The number of rotatable bonds is 5. The van der Waals surface area contributed by atoms with E-state index in [1.54, 1.807) is 6.20 Å². The topological polar surface area (TPSA) is 36.4 Å². The van der Waals surface area contributed by atoms with Gasteiger partial charge in [-0.15, -0.1) is 0 Å². The van der Waals surface area contributed by atoms with Crippen molar-refractivity contribution in [2.24, 2.45) is 5.92 Å². The maximum atomic E-state index is 13.0. The average molecular weight is 358 g/mol. The Kier molecular flexibility index (Phi) is 5.92. The first kappa shape index (κ1) is 17.7. The zero-order chi connectivity index (χ0) is 17.6. The number of piperidine rings is 1. The lowest BCUT2D eigenvalue weighted by molar-refractivity contribution is -0.136. The molecule has 0 N–H and O–H groups in total. The molecular weight excluding hydrogens is 334 g/mol. The molecule has 1 atom stereocenters. The molecule has 0 aliphatic carbocycles. The Morgan fingerprint density at radius 2 is 2.08 bits per heavy atom. The summed E-state index contributed by atoms with van der Waals surface area (Å²) in [6, 6.07) is 13.8. The summed E-state index contributed by atoms with van der Waals surface area (Å²) in [6.07, 6.45) is 3.65. The molecule has 0 spiro atoms. The third-order valence-electron chi connectivity index (χ3n) is 4.72. The van der Waals surface area contributed by atoms with Gasteiger partial charge in [-0.1, -0.05) is 41.9 Å². The van der Waals surface area contributed by atoms with Gasteiger partial charge in [0.05, 0.1) is 10.9 Å². The molecular formula is C20H24ClN3O. The molecule has 1 fully saturated rings. The number of nitrogens with zero attached hydrogens (tertiary/aromatic N) is 3. The fourth-order valence-electron chi connectivity index (χ4n) is 3.39. The largest absolute Gasteiger partial charge is 0.355 e. The fraction of sp³-hybridized carbons (Fsp3) is 0.400. The van der Waals surface area contributed by atoms with Gasteiger partial charge in [0.15, 0.2) is 0 Å². The van der Waals surface area contributed by atoms with Crippen LogP contribution in [0.15, 0.2) is 48.7 Å². The van der Waals surface area contributed by atoms with E-state index in [-0.39, 0.29) is 11.8 Å². The Morgan fingerprint density at radius 3 is 2.80 bits per heavy atom. The van der Waals surface area contributed by atoms with Crippen molar-refractivity contribution < 1.29 is 4.79 Å². The third kappa shape index (κ3) is 4.31. The lowest BCUT2D eigenvalue weighted by Gasteiger charge is -2.35. The summed E-state index contributed by atoms with van der Waals surface area (Å²) in [5.74, 6) is 1.01. The van der Waals surface area contributed by atoms with Gasteiger partial charge in [0.25, 0.3) is 0 Å². The standard InChI is InChI=1S/C20H24ClN3O/c1-2-23(14-16-8-4-3-5-9-16)20(25)17-10-7-13-24(15-17)19-18(21)11-6-12-22-19/h3-6,8-9,11-12,17H,2,7,10,13-15H2,1H3/t17-/m0/s1. The van der Waals surface area contributed by atoms with Crippen molar-refractivity contribution in [3.05, 3.63) is 59.2 Å². The summed E-state index contributed by atoms with van der Waals surface area (Å²) in [5, 5.41) is 0.646. The molecule has 0 unspecified atom stereocenters. The van der Waals surface area contributed by atoms with Gasteiger partial charge >= 0.3 is 0 Å². The highest BCUT2D eigenvalue weighted by atomic mass is 35.5. The molecule has 1 aromatic carbocycles. The summed E-state index contributed by atoms with van der Waals surface area (Å²) in [4.78, 5) is 21.5. The molecule has 25 heavy (non-hydrogen) atoms. The molecule has 1 saturated heterocycles. The minimum atomic E-state index is -0.00418. The highest BCUT2D eigenvalue weighted by molar-refractivity contribution is 6.32. The van der Waals surface area contributed by atoms with Crippen LogP contribution in [-0.4, -0.2) is 35.4 Å². The molecule has 3 rings (SSSR count). The van der Waals surface area contributed by atoms with E-state index in [0.717, 1.165) is 30.8 Å². The van der Waals surface area contributed by atoms with Crippen LogP contribution in [-0.2, 0) is 11.3 Å². The van der Waals surface area contributed by atoms with Gasteiger partial charge in [0, 0.05) is 32.4 Å². The number of pyridine rings is 1. The molecule has 0 bridgehead atoms. The molecule has 2 aromatic rings. The zero-order valence-electron chi connectivity index (χ0n) is 14.6. The van der Waals surface area contributed by atoms with Crippen molar-refractivity contribution in [1.29, 1.82) is 0 Å².